The molecule has 1 aliphatic heterocycles. The van der Waals surface area contributed by atoms with Gasteiger partial charge >= 0.3 is 12.1 Å². The van der Waals surface area contributed by atoms with E-state index in [0.29, 0.717) is 45.6 Å². The minimum absolute atomic E-state index is 0.146. The average Bonchev–Trinajstić information content (AvgIpc) is 2.52. The van der Waals surface area contributed by atoms with Gasteiger partial charge in [-0.15, -0.1) is 0 Å². The number of amides is 2. The van der Waals surface area contributed by atoms with Gasteiger partial charge in [0.05, 0.1) is 12.6 Å². The number of nitrogens with two attached hydrogens (primary N) is 1. The van der Waals surface area contributed by atoms with E-state index < -0.39 is 11.6 Å². The maximum atomic E-state index is 12.4. The number of carbonyl (C=O) groups is 3. The summed E-state index contributed by atoms with van der Waals surface area (Å²) in [5, 5.41) is 0. The Morgan fingerprint density at radius 1 is 1.08 bits per heavy atom. The average molecular weight is 357 g/mol. The van der Waals surface area contributed by atoms with Crippen molar-refractivity contribution >= 4 is 18.0 Å². The van der Waals surface area contributed by atoms with E-state index in [1.807, 2.05) is 20.8 Å². The molecule has 0 aromatic carbocycles. The lowest BCUT2D eigenvalue weighted by molar-refractivity contribution is -0.155. The Balaban J connectivity index is 2.31. The predicted octanol–water partition coefficient (Wildman–Crippen LogP) is 1.13. The minimum Gasteiger partial charge on any atom is -0.460 e. The second-order valence-corrected chi connectivity index (χ2v) is 7.10. The van der Waals surface area contributed by atoms with Crippen molar-refractivity contribution < 1.29 is 23.9 Å². The molecule has 8 heteroatoms. The summed E-state index contributed by atoms with van der Waals surface area (Å²) in [6.07, 6.45) is 0.826. The first-order chi connectivity index (χ1) is 11.6. The molecule has 2 amide bonds. The van der Waals surface area contributed by atoms with Crippen LogP contribution in [0, 0.1) is 0 Å². The predicted molar refractivity (Wildman–Crippen MR) is 92.8 cm³/mol. The van der Waals surface area contributed by atoms with Crippen LogP contribution in [0.4, 0.5) is 4.79 Å². The van der Waals surface area contributed by atoms with Gasteiger partial charge in [-0.1, -0.05) is 0 Å². The number of rotatable bonds is 6. The van der Waals surface area contributed by atoms with Crippen LogP contribution in [0.5, 0.6) is 0 Å². The molecular weight excluding hydrogens is 326 g/mol. The van der Waals surface area contributed by atoms with Crippen molar-refractivity contribution in [1.82, 2.24) is 9.80 Å². The largest absolute Gasteiger partial charge is 0.460 e. The van der Waals surface area contributed by atoms with E-state index in [2.05, 4.69) is 0 Å². The van der Waals surface area contributed by atoms with Crippen LogP contribution in [-0.4, -0.2) is 72.2 Å². The van der Waals surface area contributed by atoms with Gasteiger partial charge in [-0.3, -0.25) is 9.59 Å². The molecule has 8 nitrogen and oxygen atoms in total. The Hall–Kier alpha value is -1.83. The fourth-order valence-corrected chi connectivity index (χ4v) is 2.54. The van der Waals surface area contributed by atoms with E-state index in [1.165, 1.54) is 0 Å². The molecule has 1 rings (SSSR count). The zero-order chi connectivity index (χ0) is 19.0. The maximum absolute atomic E-state index is 12.4. The number of nitrogens with zero attached hydrogens (tertiary/aromatic N) is 2. The highest BCUT2D eigenvalue weighted by atomic mass is 16.6. The van der Waals surface area contributed by atoms with Gasteiger partial charge in [0, 0.05) is 32.6 Å². The summed E-state index contributed by atoms with van der Waals surface area (Å²) in [6.45, 7) is 9.30. The molecule has 0 bridgehead atoms. The second-order valence-electron chi connectivity index (χ2n) is 7.10. The molecule has 1 saturated heterocycles. The highest BCUT2D eigenvalue weighted by molar-refractivity contribution is 5.82. The van der Waals surface area contributed by atoms with Gasteiger partial charge in [0.15, 0.2) is 0 Å². The van der Waals surface area contributed by atoms with Crippen molar-refractivity contribution in [2.24, 2.45) is 5.73 Å². The van der Waals surface area contributed by atoms with Gasteiger partial charge in [-0.05, 0) is 40.5 Å². The van der Waals surface area contributed by atoms with Crippen molar-refractivity contribution in [1.29, 1.82) is 0 Å². The Labute approximate surface area is 149 Å². The molecule has 1 aliphatic rings. The van der Waals surface area contributed by atoms with Crippen LogP contribution in [0.15, 0.2) is 0 Å². The van der Waals surface area contributed by atoms with Gasteiger partial charge in [-0.2, -0.15) is 0 Å². The minimum atomic E-state index is -0.642. The Morgan fingerprint density at radius 2 is 1.64 bits per heavy atom. The van der Waals surface area contributed by atoms with Crippen molar-refractivity contribution in [3.63, 3.8) is 0 Å². The van der Waals surface area contributed by atoms with Crippen LogP contribution in [0.25, 0.3) is 0 Å². The van der Waals surface area contributed by atoms with Crippen molar-refractivity contribution in [3.8, 4) is 0 Å². The number of piperazine rings is 1. The zero-order valence-electron chi connectivity index (χ0n) is 15.7. The van der Waals surface area contributed by atoms with E-state index in [4.69, 9.17) is 15.2 Å². The summed E-state index contributed by atoms with van der Waals surface area (Å²) in [6, 6.07) is -0.642. The fraction of sp³-hybridized carbons (Fsp3) is 0.824. The third-order valence-corrected chi connectivity index (χ3v) is 3.75. The lowest BCUT2D eigenvalue weighted by Gasteiger charge is -2.35. The topological polar surface area (TPSA) is 102 Å². The van der Waals surface area contributed by atoms with Crippen LogP contribution in [-0.2, 0) is 19.1 Å². The van der Waals surface area contributed by atoms with E-state index >= 15 is 0 Å². The third kappa shape index (κ3) is 7.72. The summed E-state index contributed by atoms with van der Waals surface area (Å²) in [5.74, 6) is -0.428. The summed E-state index contributed by atoms with van der Waals surface area (Å²) in [7, 11) is 0. The van der Waals surface area contributed by atoms with Crippen molar-refractivity contribution in [2.45, 2.75) is 58.6 Å². The molecule has 0 radical (unpaired) electrons. The van der Waals surface area contributed by atoms with Crippen LogP contribution in [0.2, 0.25) is 0 Å². The zero-order valence-corrected chi connectivity index (χ0v) is 15.7. The van der Waals surface area contributed by atoms with Crippen molar-refractivity contribution in [2.75, 3.05) is 32.8 Å². The van der Waals surface area contributed by atoms with E-state index in [9.17, 15) is 14.4 Å². The van der Waals surface area contributed by atoms with Crippen LogP contribution < -0.4 is 5.73 Å². The summed E-state index contributed by atoms with van der Waals surface area (Å²) in [5.41, 5.74) is 5.45. The Kier molecular flexibility index (Phi) is 8.15. The molecule has 1 fully saturated rings. The van der Waals surface area contributed by atoms with Crippen LogP contribution in [0.1, 0.15) is 47.0 Å². The van der Waals surface area contributed by atoms with Gasteiger partial charge in [-0.25, -0.2) is 4.79 Å². The lowest BCUT2D eigenvalue weighted by atomic mass is 10.1. The summed E-state index contributed by atoms with van der Waals surface area (Å²) in [4.78, 5) is 38.9. The van der Waals surface area contributed by atoms with Gasteiger partial charge in [0.2, 0.25) is 5.91 Å². The number of carbonyl (C=O) groups excluding carboxylic acids is 3. The first kappa shape index (κ1) is 21.2. The fourth-order valence-electron chi connectivity index (χ4n) is 2.54. The molecule has 0 spiro atoms. The van der Waals surface area contributed by atoms with Crippen molar-refractivity contribution in [3.05, 3.63) is 0 Å². The second kappa shape index (κ2) is 9.60. The number of esters is 1. The smallest absolute Gasteiger partial charge is 0.409 e. The molecule has 25 heavy (non-hydrogen) atoms. The molecule has 0 aromatic rings. The first-order valence-corrected chi connectivity index (χ1v) is 8.82. The first-order valence-electron chi connectivity index (χ1n) is 8.82. The monoisotopic (exact) mass is 357 g/mol. The third-order valence-electron chi connectivity index (χ3n) is 3.75. The van der Waals surface area contributed by atoms with Gasteiger partial charge < -0.3 is 25.0 Å². The highest BCUT2D eigenvalue weighted by Crippen LogP contribution is 2.12. The normalized spacial score (nSPS) is 16.4. The quantitative estimate of drug-likeness (QED) is 0.715. The number of hydrogen-bond acceptors (Lipinski definition) is 6. The molecule has 0 aliphatic carbocycles. The SMILES string of the molecule is CCOC(=O)N1CCN(C(=O)C(N)CCCC(=O)OC(C)(C)C)CC1. The maximum Gasteiger partial charge on any atom is 0.409 e. The van der Waals surface area contributed by atoms with Gasteiger partial charge in [0.25, 0.3) is 0 Å². The van der Waals surface area contributed by atoms with Crippen LogP contribution >= 0.6 is 0 Å². The van der Waals surface area contributed by atoms with E-state index in [1.54, 1.807) is 16.7 Å². The molecule has 1 heterocycles. The number of ether oxygens (including phenoxy) is 2. The summed E-state index contributed by atoms with van der Waals surface area (Å²) < 4.78 is 10.2. The molecule has 1 atom stereocenters. The Morgan fingerprint density at radius 3 is 2.16 bits per heavy atom. The molecule has 144 valence electrons. The summed E-state index contributed by atoms with van der Waals surface area (Å²) >= 11 is 0. The standard InChI is InChI=1S/C17H31N3O5/c1-5-24-16(23)20-11-9-19(10-12-20)15(22)13(18)7-6-8-14(21)25-17(2,3)4/h13H,5-12,18H2,1-4H3. The molecule has 2 N–H and O–H groups in total. The number of hydrogen-bond donors (Lipinski definition) is 1. The highest BCUT2D eigenvalue weighted by Gasteiger charge is 2.27. The Bertz CT molecular complexity index is 467. The lowest BCUT2D eigenvalue weighted by Crippen LogP contribution is -2.54. The van der Waals surface area contributed by atoms with E-state index in [0.717, 1.165) is 0 Å². The van der Waals surface area contributed by atoms with E-state index in [-0.39, 0.29) is 24.4 Å². The van der Waals surface area contributed by atoms with Crippen LogP contribution in [0.3, 0.4) is 0 Å². The molecule has 1 unspecified atom stereocenters. The molecule has 0 saturated carbocycles. The van der Waals surface area contributed by atoms with Gasteiger partial charge in [0.1, 0.15) is 5.60 Å². The molecule has 0 aromatic heterocycles. The molecular formula is C17H31N3O5.